The van der Waals surface area contributed by atoms with Crippen LogP contribution in [0.5, 0.6) is 5.75 Å². The molecule has 0 radical (unpaired) electrons. The van der Waals surface area contributed by atoms with Crippen molar-refractivity contribution in [2.24, 2.45) is 11.8 Å². The minimum absolute atomic E-state index is 0.0718. The van der Waals surface area contributed by atoms with Gasteiger partial charge in [0.1, 0.15) is 12.4 Å². The van der Waals surface area contributed by atoms with Gasteiger partial charge in [-0.2, -0.15) is 4.37 Å². The molecule has 1 aliphatic carbocycles. The zero-order chi connectivity index (χ0) is 25.2. The van der Waals surface area contributed by atoms with Crippen LogP contribution in [-0.2, 0) is 27.4 Å². The van der Waals surface area contributed by atoms with Crippen molar-refractivity contribution in [3.8, 4) is 5.75 Å². The number of aromatic nitrogens is 1. The Morgan fingerprint density at radius 3 is 2.61 bits per heavy atom. The summed E-state index contributed by atoms with van der Waals surface area (Å²) < 4.78 is 10.5. The van der Waals surface area contributed by atoms with E-state index in [4.69, 9.17) is 16.3 Å². The average Bonchev–Trinajstić information content (AvgIpc) is 3.55. The number of likely N-dealkylation sites (tertiary alicyclic amines) is 1. The lowest BCUT2D eigenvalue weighted by Crippen LogP contribution is -2.50. The van der Waals surface area contributed by atoms with E-state index in [1.54, 1.807) is 9.80 Å². The smallest absolute Gasteiger partial charge is 0.307 e. The first-order valence-electron chi connectivity index (χ1n) is 12.6. The largest absolute Gasteiger partial charge is 0.487 e. The van der Waals surface area contributed by atoms with Gasteiger partial charge in [-0.05, 0) is 61.0 Å². The van der Waals surface area contributed by atoms with E-state index in [9.17, 15) is 19.5 Å². The van der Waals surface area contributed by atoms with Gasteiger partial charge in [-0.1, -0.05) is 24.4 Å². The molecule has 5 rings (SSSR count). The second-order valence-electron chi connectivity index (χ2n) is 9.79. The van der Waals surface area contributed by atoms with E-state index < -0.39 is 23.8 Å². The van der Waals surface area contributed by atoms with Crippen LogP contribution in [0.3, 0.4) is 0 Å². The minimum Gasteiger partial charge on any atom is -0.487 e. The highest BCUT2D eigenvalue weighted by molar-refractivity contribution is 7.03. The summed E-state index contributed by atoms with van der Waals surface area (Å²) in [4.78, 5) is 42.1. The average molecular weight is 532 g/mol. The molecule has 2 amide bonds. The number of ether oxygens (including phenoxy) is 1. The van der Waals surface area contributed by atoms with Crippen molar-refractivity contribution < 1.29 is 24.2 Å². The van der Waals surface area contributed by atoms with Crippen molar-refractivity contribution in [3.05, 3.63) is 45.4 Å². The van der Waals surface area contributed by atoms with Gasteiger partial charge in [-0.15, -0.1) is 0 Å². The highest BCUT2D eigenvalue weighted by Gasteiger charge is 2.43. The molecule has 1 N–H and O–H groups in total. The van der Waals surface area contributed by atoms with Gasteiger partial charge in [0.05, 0.1) is 23.6 Å². The number of hydrogen-bond donors (Lipinski definition) is 1. The number of halogens is 1. The van der Waals surface area contributed by atoms with E-state index in [0.29, 0.717) is 56.1 Å². The third-order valence-corrected chi connectivity index (χ3v) is 8.64. The molecule has 1 saturated carbocycles. The molecule has 8 nitrogen and oxygen atoms in total. The van der Waals surface area contributed by atoms with Crippen molar-refractivity contribution >= 4 is 40.9 Å². The number of carbonyl (C=O) groups is 3. The van der Waals surface area contributed by atoms with Gasteiger partial charge >= 0.3 is 5.97 Å². The maximum absolute atomic E-state index is 14.0. The fourth-order valence-electron chi connectivity index (χ4n) is 5.86. The van der Waals surface area contributed by atoms with E-state index in [2.05, 4.69) is 4.37 Å². The Kier molecular flexibility index (Phi) is 7.48. The monoisotopic (exact) mass is 531 g/mol. The van der Waals surface area contributed by atoms with Crippen molar-refractivity contribution in [1.29, 1.82) is 0 Å². The fraction of sp³-hybridized carbons (Fsp3) is 0.538. The number of carboxylic acid groups (broad SMARTS) is 1. The summed E-state index contributed by atoms with van der Waals surface area (Å²) >= 11 is 7.99. The van der Waals surface area contributed by atoms with Crippen LogP contribution in [0.4, 0.5) is 0 Å². The molecule has 192 valence electrons. The van der Waals surface area contributed by atoms with Crippen molar-refractivity contribution in [1.82, 2.24) is 14.2 Å². The number of amides is 2. The van der Waals surface area contributed by atoms with E-state index in [-0.39, 0.29) is 18.4 Å². The number of carboxylic acids is 1. The Balaban J connectivity index is 1.51. The third-order valence-electron chi connectivity index (χ3n) is 7.69. The molecule has 2 fully saturated rings. The second kappa shape index (κ2) is 10.8. The Hall–Kier alpha value is -2.65. The zero-order valence-electron chi connectivity index (χ0n) is 20.0. The molecule has 1 aromatic heterocycles. The van der Waals surface area contributed by atoms with Gasteiger partial charge in [-0.25, -0.2) is 0 Å². The molecule has 0 bridgehead atoms. The number of fused-ring (bicyclic) bond motifs is 1. The normalized spacial score (nSPS) is 24.0. The molecule has 0 spiro atoms. The molecule has 3 heterocycles. The third kappa shape index (κ3) is 4.95. The summed E-state index contributed by atoms with van der Waals surface area (Å²) in [5.74, 6) is -1.60. The van der Waals surface area contributed by atoms with Gasteiger partial charge < -0.3 is 19.6 Å². The van der Waals surface area contributed by atoms with Gasteiger partial charge in [-0.3, -0.25) is 14.4 Å². The zero-order valence-corrected chi connectivity index (χ0v) is 21.6. The fourth-order valence-corrected chi connectivity index (χ4v) is 6.65. The summed E-state index contributed by atoms with van der Waals surface area (Å²) in [6, 6.07) is 5.08. The molecule has 0 unspecified atom stereocenters. The summed E-state index contributed by atoms with van der Waals surface area (Å²) in [5.41, 5.74) is 2.55. The van der Waals surface area contributed by atoms with Gasteiger partial charge in [0.25, 0.3) is 0 Å². The number of rotatable bonds is 7. The Morgan fingerprint density at radius 2 is 1.92 bits per heavy atom. The van der Waals surface area contributed by atoms with Crippen LogP contribution in [0.1, 0.15) is 61.4 Å². The summed E-state index contributed by atoms with van der Waals surface area (Å²) in [6.07, 6.45) is 4.57. The molecular weight excluding hydrogens is 502 g/mol. The molecule has 2 aromatic rings. The van der Waals surface area contributed by atoms with E-state index in [0.717, 1.165) is 36.1 Å². The Morgan fingerprint density at radius 1 is 1.11 bits per heavy atom. The summed E-state index contributed by atoms with van der Waals surface area (Å²) in [5, 5.41) is 12.3. The summed E-state index contributed by atoms with van der Waals surface area (Å²) in [7, 11) is 0. The number of nitrogens with zero attached hydrogens (tertiary/aromatic N) is 3. The van der Waals surface area contributed by atoms with Gasteiger partial charge in [0, 0.05) is 42.0 Å². The molecule has 3 aliphatic rings. The highest BCUT2D eigenvalue weighted by Crippen LogP contribution is 2.43. The highest BCUT2D eigenvalue weighted by atomic mass is 35.5. The van der Waals surface area contributed by atoms with Gasteiger partial charge in [0.15, 0.2) is 0 Å². The van der Waals surface area contributed by atoms with Crippen LogP contribution >= 0.6 is 23.1 Å². The molecule has 1 saturated heterocycles. The van der Waals surface area contributed by atoms with Gasteiger partial charge in [0.2, 0.25) is 11.8 Å². The molecule has 2 aliphatic heterocycles. The minimum atomic E-state index is -0.910. The molecule has 10 heteroatoms. The Labute approximate surface area is 219 Å². The number of hydrogen-bond acceptors (Lipinski definition) is 6. The quantitative estimate of drug-likeness (QED) is 0.571. The second-order valence-corrected chi connectivity index (χ2v) is 10.9. The standard InChI is InChI=1S/C26H30ClN3O5S/c27-20-7-8-22(35-15-16-10-13-36-28-16)24-19(20)9-12-30(21(24)14-29-11-3-6-23(29)31)25(32)17-4-1-2-5-18(17)26(33)34/h7-8,10,13,17-18,21H,1-6,9,11-12,14-15H2,(H,33,34)/t17-,18+,21-/m1/s1. The first-order chi connectivity index (χ1) is 17.4. The van der Waals surface area contributed by atoms with E-state index in [1.807, 2.05) is 23.6 Å². The predicted octanol–water partition coefficient (Wildman–Crippen LogP) is 4.31. The predicted molar refractivity (Wildman–Crippen MR) is 135 cm³/mol. The number of carbonyl (C=O) groups excluding carboxylic acids is 2. The van der Waals surface area contributed by atoms with E-state index >= 15 is 0 Å². The number of aliphatic carboxylic acids is 1. The topological polar surface area (TPSA) is 100 Å². The van der Waals surface area contributed by atoms with E-state index in [1.165, 1.54) is 11.5 Å². The lowest BCUT2D eigenvalue weighted by molar-refractivity contribution is -0.154. The molecular formula is C26H30ClN3O5S. The maximum atomic E-state index is 14.0. The maximum Gasteiger partial charge on any atom is 0.307 e. The van der Waals surface area contributed by atoms with Crippen LogP contribution in [0.2, 0.25) is 5.02 Å². The van der Waals surface area contributed by atoms with Crippen molar-refractivity contribution in [2.75, 3.05) is 19.6 Å². The van der Waals surface area contributed by atoms with Crippen LogP contribution in [-0.4, -0.2) is 56.7 Å². The van der Waals surface area contributed by atoms with Crippen LogP contribution in [0, 0.1) is 11.8 Å². The molecule has 36 heavy (non-hydrogen) atoms. The SMILES string of the molecule is O=C(O)[C@H]1CCCC[C@H]1C(=O)N1CCc2c(Cl)ccc(OCc3ccsn3)c2[C@H]1CN1CCCC1=O. The lowest BCUT2D eigenvalue weighted by Gasteiger charge is -2.43. The number of benzene rings is 1. The van der Waals surface area contributed by atoms with Crippen LogP contribution in [0.25, 0.3) is 0 Å². The van der Waals surface area contributed by atoms with Crippen LogP contribution in [0.15, 0.2) is 23.6 Å². The molecule has 3 atom stereocenters. The first-order valence-corrected chi connectivity index (χ1v) is 13.8. The lowest BCUT2D eigenvalue weighted by atomic mass is 9.77. The van der Waals surface area contributed by atoms with Crippen LogP contribution < -0.4 is 4.74 Å². The van der Waals surface area contributed by atoms with Crippen molar-refractivity contribution in [2.45, 2.75) is 57.6 Å². The molecule has 1 aromatic carbocycles. The summed E-state index contributed by atoms with van der Waals surface area (Å²) in [6.45, 7) is 1.69. The van der Waals surface area contributed by atoms with Crippen molar-refractivity contribution in [3.63, 3.8) is 0 Å². The Bertz CT molecular complexity index is 1140. The first kappa shape index (κ1) is 25.0.